The van der Waals surface area contributed by atoms with Crippen LogP contribution in [0.4, 0.5) is 4.39 Å². The van der Waals surface area contributed by atoms with Crippen LogP contribution < -0.4 is 5.32 Å². The number of amides is 1. The fraction of sp³-hybridized carbons (Fsp3) is 0.435. The van der Waals surface area contributed by atoms with Gasteiger partial charge in [-0.3, -0.25) is 9.48 Å². The Bertz CT molecular complexity index is 1020. The normalized spacial score (nSPS) is 14.8. The lowest BCUT2D eigenvalue weighted by Crippen LogP contribution is -2.33. The molecule has 1 amide bonds. The van der Waals surface area contributed by atoms with Gasteiger partial charge in [0.2, 0.25) is 5.91 Å². The van der Waals surface area contributed by atoms with Gasteiger partial charge in [-0.05, 0) is 56.9 Å². The van der Waals surface area contributed by atoms with E-state index in [-0.39, 0.29) is 24.2 Å². The summed E-state index contributed by atoms with van der Waals surface area (Å²) >= 11 is 1.49. The number of carbonyl (C=O) groups excluding carboxylic acids is 1. The number of ether oxygens (including phenoxy) is 1. The van der Waals surface area contributed by atoms with Crippen LogP contribution in [-0.4, -0.2) is 40.4 Å². The van der Waals surface area contributed by atoms with Gasteiger partial charge in [-0.2, -0.15) is 5.10 Å². The van der Waals surface area contributed by atoms with Crippen LogP contribution in [0.15, 0.2) is 35.8 Å². The Morgan fingerprint density at radius 2 is 2.03 bits per heavy atom. The molecule has 164 valence electrons. The molecule has 0 unspecified atom stereocenters. The number of carbonyl (C=O) groups is 1. The topological polar surface area (TPSA) is 69.0 Å². The second-order valence-corrected chi connectivity index (χ2v) is 8.99. The molecule has 0 radical (unpaired) electrons. The van der Waals surface area contributed by atoms with Crippen LogP contribution in [0.25, 0.3) is 21.8 Å². The molecule has 3 aromatic rings. The Hall–Kier alpha value is -2.58. The van der Waals surface area contributed by atoms with E-state index in [1.54, 1.807) is 18.3 Å². The smallest absolute Gasteiger partial charge is 0.226 e. The Morgan fingerprint density at radius 1 is 1.29 bits per heavy atom. The van der Waals surface area contributed by atoms with Crippen molar-refractivity contribution in [2.75, 3.05) is 19.8 Å². The van der Waals surface area contributed by atoms with Crippen LogP contribution in [0.2, 0.25) is 0 Å². The van der Waals surface area contributed by atoms with Gasteiger partial charge in [0.15, 0.2) is 0 Å². The van der Waals surface area contributed by atoms with E-state index >= 15 is 0 Å². The maximum atomic E-state index is 13.4. The second kappa shape index (κ2) is 9.70. The highest BCUT2D eigenvalue weighted by Crippen LogP contribution is 2.35. The van der Waals surface area contributed by atoms with Gasteiger partial charge < -0.3 is 10.1 Å². The number of thiazole rings is 1. The molecule has 1 aliphatic heterocycles. The van der Waals surface area contributed by atoms with Crippen molar-refractivity contribution < 1.29 is 13.9 Å². The molecule has 1 fully saturated rings. The third kappa shape index (κ3) is 5.19. The van der Waals surface area contributed by atoms with Crippen molar-refractivity contribution in [3.8, 4) is 21.8 Å². The van der Waals surface area contributed by atoms with Gasteiger partial charge in [0.1, 0.15) is 10.8 Å². The molecule has 1 saturated heterocycles. The van der Waals surface area contributed by atoms with E-state index < -0.39 is 0 Å². The summed E-state index contributed by atoms with van der Waals surface area (Å²) in [4.78, 5) is 17.1. The highest BCUT2D eigenvalue weighted by molar-refractivity contribution is 7.13. The largest absolute Gasteiger partial charge is 0.381 e. The fourth-order valence-corrected chi connectivity index (χ4v) is 4.58. The molecule has 8 heteroatoms. The average molecular weight is 443 g/mol. The third-order valence-electron chi connectivity index (χ3n) is 5.45. The molecule has 2 aromatic heterocycles. The molecule has 31 heavy (non-hydrogen) atoms. The van der Waals surface area contributed by atoms with Crippen LogP contribution in [0.3, 0.4) is 0 Å². The van der Waals surface area contributed by atoms with Crippen molar-refractivity contribution in [2.45, 2.75) is 39.2 Å². The number of hydrogen-bond donors (Lipinski definition) is 1. The van der Waals surface area contributed by atoms with Gasteiger partial charge in [0, 0.05) is 36.7 Å². The number of rotatable bonds is 7. The van der Waals surface area contributed by atoms with Gasteiger partial charge in [-0.1, -0.05) is 0 Å². The van der Waals surface area contributed by atoms with E-state index in [4.69, 9.17) is 9.72 Å². The first-order valence-electron chi connectivity index (χ1n) is 10.6. The number of nitrogens with one attached hydrogen (secondary N) is 1. The van der Waals surface area contributed by atoms with Crippen LogP contribution >= 0.6 is 11.3 Å². The summed E-state index contributed by atoms with van der Waals surface area (Å²) in [7, 11) is 0. The highest BCUT2D eigenvalue weighted by Gasteiger charge is 2.20. The summed E-state index contributed by atoms with van der Waals surface area (Å²) in [5.41, 5.74) is 3.42. The van der Waals surface area contributed by atoms with E-state index in [0.717, 1.165) is 53.6 Å². The maximum absolute atomic E-state index is 13.4. The minimum atomic E-state index is -0.274. The SMILES string of the molecule is CC(C)n1ncc(-c2nc(CC(=O)NCC3CCOCC3)cs2)c1-c1ccc(F)cc1. The van der Waals surface area contributed by atoms with Crippen molar-refractivity contribution in [1.29, 1.82) is 0 Å². The molecule has 1 N–H and O–H groups in total. The first-order valence-corrected chi connectivity index (χ1v) is 11.5. The van der Waals surface area contributed by atoms with E-state index in [1.807, 2.05) is 10.1 Å². The maximum Gasteiger partial charge on any atom is 0.226 e. The first kappa shape index (κ1) is 21.6. The van der Waals surface area contributed by atoms with Gasteiger partial charge in [0.05, 0.1) is 29.6 Å². The minimum absolute atomic E-state index is 0.0139. The van der Waals surface area contributed by atoms with Gasteiger partial charge in [0.25, 0.3) is 0 Å². The molecule has 0 bridgehead atoms. The standard InChI is InChI=1S/C23H27FN4O2S/c1-15(2)28-22(17-3-5-18(24)6-4-17)20(13-26-28)23-27-19(14-31-23)11-21(29)25-12-16-7-9-30-10-8-16/h3-6,13-16H,7-12H2,1-2H3,(H,25,29). The lowest BCUT2D eigenvalue weighted by Gasteiger charge is -2.22. The summed E-state index contributed by atoms with van der Waals surface area (Å²) in [5.74, 6) is 0.202. The fourth-order valence-electron chi connectivity index (χ4n) is 3.75. The predicted octanol–water partition coefficient (Wildman–Crippen LogP) is 4.48. The number of benzene rings is 1. The molecule has 1 aromatic carbocycles. The van der Waals surface area contributed by atoms with Gasteiger partial charge >= 0.3 is 0 Å². The molecule has 6 nitrogen and oxygen atoms in total. The van der Waals surface area contributed by atoms with Crippen molar-refractivity contribution in [1.82, 2.24) is 20.1 Å². The highest BCUT2D eigenvalue weighted by atomic mass is 32.1. The van der Waals surface area contributed by atoms with Crippen molar-refractivity contribution in [3.05, 3.63) is 47.4 Å². The first-order chi connectivity index (χ1) is 15.0. The summed E-state index contributed by atoms with van der Waals surface area (Å²) in [6.45, 7) is 6.35. The number of nitrogens with zero attached hydrogens (tertiary/aromatic N) is 3. The Balaban J connectivity index is 1.49. The summed E-state index contributed by atoms with van der Waals surface area (Å²) in [6, 6.07) is 6.56. The zero-order valence-electron chi connectivity index (χ0n) is 17.8. The van der Waals surface area contributed by atoms with E-state index in [2.05, 4.69) is 24.3 Å². The lowest BCUT2D eigenvalue weighted by molar-refractivity contribution is -0.120. The van der Waals surface area contributed by atoms with Crippen LogP contribution in [0.1, 0.15) is 38.4 Å². The van der Waals surface area contributed by atoms with E-state index in [1.165, 1.54) is 23.5 Å². The van der Waals surface area contributed by atoms with Gasteiger partial charge in [-0.25, -0.2) is 9.37 Å². The zero-order chi connectivity index (χ0) is 21.8. The molecule has 1 aliphatic rings. The average Bonchev–Trinajstić information content (AvgIpc) is 3.41. The predicted molar refractivity (Wildman–Crippen MR) is 119 cm³/mol. The Labute approximate surface area is 185 Å². The summed E-state index contributed by atoms with van der Waals surface area (Å²) in [5, 5.41) is 10.3. The zero-order valence-corrected chi connectivity index (χ0v) is 18.6. The van der Waals surface area contributed by atoms with Crippen LogP contribution in [0, 0.1) is 11.7 Å². The molecule has 4 rings (SSSR count). The molecule has 0 aliphatic carbocycles. The molecule has 3 heterocycles. The Morgan fingerprint density at radius 3 is 2.74 bits per heavy atom. The molecular formula is C23H27FN4O2S. The quantitative estimate of drug-likeness (QED) is 0.586. The van der Waals surface area contributed by atoms with Crippen LogP contribution in [-0.2, 0) is 16.0 Å². The van der Waals surface area contributed by atoms with Crippen molar-refractivity contribution >= 4 is 17.2 Å². The van der Waals surface area contributed by atoms with E-state index in [0.29, 0.717) is 12.5 Å². The Kier molecular flexibility index (Phi) is 6.77. The molecule has 0 spiro atoms. The number of halogens is 1. The lowest BCUT2D eigenvalue weighted by atomic mass is 10.0. The van der Waals surface area contributed by atoms with Crippen molar-refractivity contribution in [2.24, 2.45) is 5.92 Å². The number of aromatic nitrogens is 3. The molecule has 0 saturated carbocycles. The monoisotopic (exact) mass is 442 g/mol. The molecular weight excluding hydrogens is 415 g/mol. The summed E-state index contributed by atoms with van der Waals surface area (Å²) in [6.07, 6.45) is 4.04. The van der Waals surface area contributed by atoms with Crippen molar-refractivity contribution in [3.63, 3.8) is 0 Å². The van der Waals surface area contributed by atoms with Crippen LogP contribution in [0.5, 0.6) is 0 Å². The van der Waals surface area contributed by atoms with Gasteiger partial charge in [-0.15, -0.1) is 11.3 Å². The minimum Gasteiger partial charge on any atom is -0.381 e. The number of hydrogen-bond acceptors (Lipinski definition) is 5. The molecule has 0 atom stereocenters. The second-order valence-electron chi connectivity index (χ2n) is 8.13. The third-order valence-corrected chi connectivity index (χ3v) is 6.38. The van der Waals surface area contributed by atoms with E-state index in [9.17, 15) is 9.18 Å². The summed E-state index contributed by atoms with van der Waals surface area (Å²) < 4.78 is 20.7.